The molecule has 2 rings (SSSR count). The van der Waals surface area contributed by atoms with Crippen LogP contribution < -0.4 is 5.73 Å². The summed E-state index contributed by atoms with van der Waals surface area (Å²) >= 11 is 0. The molecule has 1 aromatic heterocycles. The van der Waals surface area contributed by atoms with Gasteiger partial charge >= 0.3 is 0 Å². The maximum atomic E-state index is 9.51. The number of anilines is 1. The van der Waals surface area contributed by atoms with Crippen molar-refractivity contribution in [2.24, 2.45) is 0 Å². The van der Waals surface area contributed by atoms with Gasteiger partial charge in [0, 0.05) is 11.5 Å². The van der Waals surface area contributed by atoms with E-state index in [1.807, 2.05) is 6.92 Å². The number of rotatable bonds is 3. The first-order valence-corrected chi connectivity index (χ1v) is 5.54. The fourth-order valence-electron chi connectivity index (χ4n) is 1.41. The number of nitrogens with zero attached hydrogens (tertiary/aromatic N) is 2. The maximum Gasteiger partial charge on any atom is 0.258 e. The average molecular weight is 233 g/mol. The molecule has 5 nitrogen and oxygen atoms in total. The van der Waals surface area contributed by atoms with Crippen LogP contribution in [-0.2, 0) is 0 Å². The molecule has 0 bridgehead atoms. The molecule has 0 saturated carbocycles. The molecule has 0 amide bonds. The number of phenolic OH excluding ortho intramolecular Hbond substituents is 1. The van der Waals surface area contributed by atoms with Gasteiger partial charge in [0.1, 0.15) is 5.75 Å². The van der Waals surface area contributed by atoms with E-state index < -0.39 is 0 Å². The lowest BCUT2D eigenvalue weighted by Gasteiger charge is -2.00. The van der Waals surface area contributed by atoms with Gasteiger partial charge in [-0.2, -0.15) is 4.98 Å². The molecule has 0 aliphatic rings. The van der Waals surface area contributed by atoms with Gasteiger partial charge in [-0.05, 0) is 24.6 Å². The monoisotopic (exact) mass is 233 g/mol. The molecule has 2 aromatic rings. The van der Waals surface area contributed by atoms with Crippen molar-refractivity contribution in [3.63, 3.8) is 0 Å². The van der Waals surface area contributed by atoms with Crippen molar-refractivity contribution >= 4 is 5.69 Å². The number of hydrogen-bond acceptors (Lipinski definition) is 5. The van der Waals surface area contributed by atoms with Gasteiger partial charge in [-0.1, -0.05) is 19.0 Å². The Kier molecular flexibility index (Phi) is 2.99. The smallest absolute Gasteiger partial charge is 0.258 e. The third kappa shape index (κ3) is 2.22. The van der Waals surface area contributed by atoms with E-state index in [1.54, 1.807) is 12.1 Å². The molecule has 1 aromatic carbocycles. The SMILES string of the molecule is CCC(C)c1noc(-c2ccc(N)c(O)c2)n1. The first-order chi connectivity index (χ1) is 8.11. The second-order valence-corrected chi connectivity index (χ2v) is 4.04. The van der Waals surface area contributed by atoms with E-state index in [2.05, 4.69) is 17.1 Å². The van der Waals surface area contributed by atoms with Gasteiger partial charge in [0.2, 0.25) is 0 Å². The zero-order valence-electron chi connectivity index (χ0n) is 9.84. The Morgan fingerprint density at radius 2 is 2.24 bits per heavy atom. The summed E-state index contributed by atoms with van der Waals surface area (Å²) in [5.41, 5.74) is 6.52. The predicted molar refractivity (Wildman–Crippen MR) is 64.5 cm³/mol. The summed E-state index contributed by atoms with van der Waals surface area (Å²) in [6, 6.07) is 4.87. The zero-order chi connectivity index (χ0) is 12.4. The summed E-state index contributed by atoms with van der Waals surface area (Å²) in [4.78, 5) is 4.29. The molecule has 0 aliphatic heterocycles. The van der Waals surface area contributed by atoms with Gasteiger partial charge in [-0.3, -0.25) is 0 Å². The summed E-state index contributed by atoms with van der Waals surface area (Å²) in [7, 11) is 0. The Bertz CT molecular complexity index is 522. The number of nitrogens with two attached hydrogens (primary N) is 1. The van der Waals surface area contributed by atoms with E-state index in [0.717, 1.165) is 6.42 Å². The van der Waals surface area contributed by atoms with Crippen LogP contribution >= 0.6 is 0 Å². The third-order valence-corrected chi connectivity index (χ3v) is 2.77. The van der Waals surface area contributed by atoms with Crippen LogP contribution in [0.25, 0.3) is 11.5 Å². The molecule has 5 heteroatoms. The van der Waals surface area contributed by atoms with Crippen molar-refractivity contribution in [1.29, 1.82) is 0 Å². The van der Waals surface area contributed by atoms with Crippen LogP contribution in [-0.4, -0.2) is 15.2 Å². The third-order valence-electron chi connectivity index (χ3n) is 2.77. The minimum Gasteiger partial charge on any atom is -0.506 e. The number of nitrogen functional groups attached to an aromatic ring is 1. The van der Waals surface area contributed by atoms with E-state index in [4.69, 9.17) is 10.3 Å². The maximum absolute atomic E-state index is 9.51. The molecule has 1 unspecified atom stereocenters. The summed E-state index contributed by atoms with van der Waals surface area (Å²) in [6.45, 7) is 4.10. The van der Waals surface area contributed by atoms with Gasteiger partial charge < -0.3 is 15.4 Å². The lowest BCUT2D eigenvalue weighted by molar-refractivity contribution is 0.416. The molecule has 1 atom stereocenters. The highest BCUT2D eigenvalue weighted by atomic mass is 16.5. The number of hydrogen-bond donors (Lipinski definition) is 2. The second kappa shape index (κ2) is 4.45. The first kappa shape index (κ1) is 11.4. The molecular weight excluding hydrogens is 218 g/mol. The molecule has 90 valence electrons. The Morgan fingerprint density at radius 3 is 2.88 bits per heavy atom. The van der Waals surface area contributed by atoms with Crippen molar-refractivity contribution in [3.8, 4) is 17.2 Å². The van der Waals surface area contributed by atoms with Crippen molar-refractivity contribution < 1.29 is 9.63 Å². The Morgan fingerprint density at radius 1 is 1.47 bits per heavy atom. The van der Waals surface area contributed by atoms with Crippen LogP contribution in [0.4, 0.5) is 5.69 Å². The largest absolute Gasteiger partial charge is 0.506 e. The number of aromatic hydroxyl groups is 1. The lowest BCUT2D eigenvalue weighted by atomic mass is 10.1. The van der Waals surface area contributed by atoms with E-state index in [0.29, 0.717) is 23.0 Å². The van der Waals surface area contributed by atoms with Crippen LogP contribution in [0.3, 0.4) is 0 Å². The molecular formula is C12H15N3O2. The van der Waals surface area contributed by atoms with E-state index in [9.17, 15) is 5.11 Å². The van der Waals surface area contributed by atoms with E-state index in [1.165, 1.54) is 6.07 Å². The number of phenols is 1. The molecule has 0 saturated heterocycles. The Labute approximate surface area is 99.3 Å². The first-order valence-electron chi connectivity index (χ1n) is 5.54. The van der Waals surface area contributed by atoms with Crippen LogP contribution in [0.5, 0.6) is 5.75 Å². The fourth-order valence-corrected chi connectivity index (χ4v) is 1.41. The van der Waals surface area contributed by atoms with Crippen LogP contribution in [0.2, 0.25) is 0 Å². The number of benzene rings is 1. The Balaban J connectivity index is 2.33. The van der Waals surface area contributed by atoms with Crippen molar-refractivity contribution in [3.05, 3.63) is 24.0 Å². The summed E-state index contributed by atoms with van der Waals surface area (Å²) in [6.07, 6.45) is 0.950. The highest BCUT2D eigenvalue weighted by molar-refractivity contribution is 5.63. The molecule has 0 aliphatic carbocycles. The predicted octanol–water partition coefficient (Wildman–Crippen LogP) is 2.54. The quantitative estimate of drug-likeness (QED) is 0.628. The van der Waals surface area contributed by atoms with Gasteiger partial charge in [-0.15, -0.1) is 0 Å². The topological polar surface area (TPSA) is 85.2 Å². The van der Waals surface area contributed by atoms with Crippen molar-refractivity contribution in [2.75, 3.05) is 5.73 Å². The zero-order valence-corrected chi connectivity index (χ0v) is 9.84. The molecule has 0 fully saturated rings. The van der Waals surface area contributed by atoms with Crippen molar-refractivity contribution in [2.45, 2.75) is 26.2 Å². The minimum absolute atomic E-state index is 0.0192. The highest BCUT2D eigenvalue weighted by Crippen LogP contribution is 2.27. The fraction of sp³-hybridized carbons (Fsp3) is 0.333. The number of aromatic nitrogens is 2. The highest BCUT2D eigenvalue weighted by Gasteiger charge is 2.14. The van der Waals surface area contributed by atoms with Gasteiger partial charge in [0.15, 0.2) is 5.82 Å². The molecule has 1 heterocycles. The normalized spacial score (nSPS) is 12.6. The van der Waals surface area contributed by atoms with Crippen LogP contribution in [0, 0.1) is 0 Å². The molecule has 3 N–H and O–H groups in total. The van der Waals surface area contributed by atoms with E-state index >= 15 is 0 Å². The Hall–Kier alpha value is -2.04. The molecule has 0 radical (unpaired) electrons. The summed E-state index contributed by atoms with van der Waals surface area (Å²) in [5.74, 6) is 1.36. The van der Waals surface area contributed by atoms with Crippen LogP contribution in [0.1, 0.15) is 32.0 Å². The lowest BCUT2D eigenvalue weighted by Crippen LogP contribution is -1.93. The van der Waals surface area contributed by atoms with Gasteiger partial charge in [-0.25, -0.2) is 0 Å². The average Bonchev–Trinajstić information content (AvgIpc) is 2.81. The standard InChI is InChI=1S/C12H15N3O2/c1-3-7(2)11-14-12(17-15-11)8-4-5-9(13)10(16)6-8/h4-7,16H,3,13H2,1-2H3. The summed E-state index contributed by atoms with van der Waals surface area (Å²) in [5, 5.41) is 13.4. The van der Waals surface area contributed by atoms with E-state index in [-0.39, 0.29) is 11.7 Å². The van der Waals surface area contributed by atoms with Gasteiger partial charge in [0.05, 0.1) is 5.69 Å². The van der Waals surface area contributed by atoms with Crippen molar-refractivity contribution in [1.82, 2.24) is 10.1 Å². The molecule has 17 heavy (non-hydrogen) atoms. The molecule has 0 spiro atoms. The second-order valence-electron chi connectivity index (χ2n) is 4.04. The van der Waals surface area contributed by atoms with Crippen LogP contribution in [0.15, 0.2) is 22.7 Å². The summed E-state index contributed by atoms with van der Waals surface area (Å²) < 4.78 is 5.16. The minimum atomic E-state index is 0.0192. The van der Waals surface area contributed by atoms with Gasteiger partial charge in [0.25, 0.3) is 5.89 Å².